The number of nitrogens with zero attached hydrogens (tertiary/aromatic N) is 4. The van der Waals surface area contributed by atoms with E-state index in [1.165, 1.54) is 4.90 Å². The molecule has 0 aliphatic carbocycles. The van der Waals surface area contributed by atoms with Crippen LogP contribution in [-0.4, -0.2) is 126 Å². The molecule has 6 rings (SSSR count). The van der Waals surface area contributed by atoms with Crippen molar-refractivity contribution in [3.05, 3.63) is 83.8 Å². The summed E-state index contributed by atoms with van der Waals surface area (Å²) in [6, 6.07) is 9.41. The van der Waals surface area contributed by atoms with E-state index in [1.807, 2.05) is 54.6 Å². The summed E-state index contributed by atoms with van der Waals surface area (Å²) in [6.45, 7) is 4.82. The summed E-state index contributed by atoms with van der Waals surface area (Å²) in [5.74, 6) is -7.87. The van der Waals surface area contributed by atoms with Crippen molar-refractivity contribution in [3.63, 3.8) is 0 Å². The third-order valence-electron chi connectivity index (χ3n) is 12.9. The van der Waals surface area contributed by atoms with Gasteiger partial charge in [-0.05, 0) is 48.8 Å². The standard InChI is InChI=1S/C46H60N12O9/c1-4-26(3)39-44(66)57-25-30(58-24-29(55-56-58)16-15-27-11-7-6-8-12-27)20-36(57)43(65)52-34(19-28-23-50-33-14-10-9-13-31(28)33)42(64)54-46(5-2,45(48)67)17-18-49-37(59)21-32(47)40(62)51-35(22-38(60)61)41(63)53-39/h6-14,23-24,26,30,32,34-36,39,50H,4-5,15-22,25,47H2,1-3H3,(H2,48,67)(H,49,59)(H,51,62)(H,52,65)(H,53,63)(H,54,64)(H,60,61)/t26-,30?,32?,34-,35?,36-,39-,46?/m0/s1. The Morgan fingerprint density at radius 1 is 0.910 bits per heavy atom. The number of aliphatic carboxylic acids is 1. The minimum absolute atomic E-state index is 0.0110. The van der Waals surface area contributed by atoms with Crippen molar-refractivity contribution >= 4 is 58.2 Å². The number of hydrogen-bond acceptors (Lipinski definition) is 11. The molecule has 2 aliphatic heterocycles. The molecule has 0 spiro atoms. The van der Waals surface area contributed by atoms with Crippen LogP contribution < -0.4 is 38.1 Å². The van der Waals surface area contributed by atoms with Gasteiger partial charge in [-0.3, -0.25) is 38.4 Å². The van der Waals surface area contributed by atoms with Crippen molar-refractivity contribution in [3.8, 4) is 0 Å². The van der Waals surface area contributed by atoms with Gasteiger partial charge in [0.1, 0.15) is 29.7 Å². The van der Waals surface area contributed by atoms with Gasteiger partial charge in [0.2, 0.25) is 41.4 Å². The van der Waals surface area contributed by atoms with E-state index in [0.717, 1.165) is 16.5 Å². The number of hydrogen-bond donors (Lipinski definition) is 9. The predicted molar refractivity (Wildman–Crippen MR) is 243 cm³/mol. The monoisotopic (exact) mass is 924 g/mol. The van der Waals surface area contributed by atoms with Gasteiger partial charge in [-0.15, -0.1) is 5.10 Å². The minimum Gasteiger partial charge on any atom is -0.481 e. The van der Waals surface area contributed by atoms with Gasteiger partial charge >= 0.3 is 5.97 Å². The van der Waals surface area contributed by atoms with E-state index in [4.69, 9.17) is 11.5 Å². The van der Waals surface area contributed by atoms with Crippen LogP contribution in [-0.2, 0) is 57.6 Å². The molecule has 67 heavy (non-hydrogen) atoms. The molecule has 21 heteroatoms. The van der Waals surface area contributed by atoms with Crippen molar-refractivity contribution in [1.29, 1.82) is 0 Å². The van der Waals surface area contributed by atoms with Crippen molar-refractivity contribution < 1.29 is 43.5 Å². The SMILES string of the molecule is CC[C@H](C)[C@@H]1NC(=O)C(CC(=O)O)NC(=O)C(N)CC(=O)NCCC(CC)(C(N)=O)NC(=O)[C@H](Cc2c[nH]c3ccccc23)NC(=O)[C@@H]2CC(n3cc(CCc4ccccc4)nn3)CN2C1=O. The highest BCUT2D eigenvalue weighted by Gasteiger charge is 2.46. The summed E-state index contributed by atoms with van der Waals surface area (Å²) in [6.07, 6.45) is 3.32. The van der Waals surface area contributed by atoms with Crippen LogP contribution in [0.15, 0.2) is 67.0 Å². The Morgan fingerprint density at radius 3 is 2.33 bits per heavy atom. The number of rotatable bonds is 12. The highest BCUT2D eigenvalue weighted by Crippen LogP contribution is 2.30. The molecule has 4 heterocycles. The smallest absolute Gasteiger partial charge is 0.305 e. The quantitative estimate of drug-likeness (QED) is 0.0900. The molecule has 0 radical (unpaired) electrons. The predicted octanol–water partition coefficient (Wildman–Crippen LogP) is -0.108. The van der Waals surface area contributed by atoms with Crippen molar-refractivity contribution in [2.24, 2.45) is 17.4 Å². The fraction of sp³-hybridized carbons (Fsp3) is 0.478. The van der Waals surface area contributed by atoms with Crippen LogP contribution in [0.1, 0.15) is 82.2 Å². The summed E-state index contributed by atoms with van der Waals surface area (Å²) in [7, 11) is 0. The number of carboxylic acid groups (broad SMARTS) is 1. The number of carboxylic acids is 1. The van der Waals surface area contributed by atoms with Gasteiger partial charge in [0.05, 0.1) is 30.6 Å². The Labute approximate surface area is 386 Å². The molecule has 2 aromatic heterocycles. The van der Waals surface area contributed by atoms with Crippen molar-refractivity contribution in [2.75, 3.05) is 13.1 Å². The van der Waals surface area contributed by atoms with E-state index in [-0.39, 0.29) is 38.8 Å². The highest BCUT2D eigenvalue weighted by atomic mass is 16.4. The molecular formula is C46H60N12O9. The molecular weight excluding hydrogens is 865 g/mol. The van der Waals surface area contributed by atoms with E-state index in [9.17, 15) is 43.5 Å². The molecule has 0 bridgehead atoms. The van der Waals surface area contributed by atoms with Crippen LogP contribution in [0.25, 0.3) is 10.9 Å². The average Bonchev–Trinajstić information content (AvgIpc) is 4.08. The largest absolute Gasteiger partial charge is 0.481 e. The van der Waals surface area contributed by atoms with E-state index >= 15 is 0 Å². The van der Waals surface area contributed by atoms with Crippen LogP contribution in [0.2, 0.25) is 0 Å². The molecule has 8 atom stereocenters. The lowest BCUT2D eigenvalue weighted by Gasteiger charge is -2.34. The zero-order chi connectivity index (χ0) is 48.4. The van der Waals surface area contributed by atoms with Gasteiger partial charge in [0.25, 0.3) is 0 Å². The maximum absolute atomic E-state index is 15.0. The van der Waals surface area contributed by atoms with Crippen LogP contribution in [0.4, 0.5) is 0 Å². The van der Waals surface area contributed by atoms with Crippen LogP contribution in [0.3, 0.4) is 0 Å². The lowest BCUT2D eigenvalue weighted by molar-refractivity contribution is -0.144. The lowest BCUT2D eigenvalue weighted by Crippen LogP contribution is -2.63. The number of fused-ring (bicyclic) bond motifs is 2. The second kappa shape index (κ2) is 21.9. The third kappa shape index (κ3) is 12.0. The normalized spacial score (nSPS) is 25.5. The highest BCUT2D eigenvalue weighted by molar-refractivity contribution is 5.99. The zero-order valence-electron chi connectivity index (χ0n) is 37.8. The Hall–Kier alpha value is -7.16. The third-order valence-corrected chi connectivity index (χ3v) is 12.9. The first-order chi connectivity index (χ1) is 32.0. The zero-order valence-corrected chi connectivity index (χ0v) is 37.8. The molecule has 11 N–H and O–H groups in total. The van der Waals surface area contributed by atoms with Crippen molar-refractivity contribution in [2.45, 2.75) is 120 Å². The maximum Gasteiger partial charge on any atom is 0.305 e. The number of H-pyrrole nitrogens is 1. The molecule has 2 saturated heterocycles. The first kappa shape index (κ1) is 49.3. The number of primary amides is 1. The summed E-state index contributed by atoms with van der Waals surface area (Å²) in [5, 5.41) is 32.5. The number of nitrogens with two attached hydrogens (primary N) is 2. The topological polar surface area (TPSA) is 319 Å². The molecule has 2 aromatic carbocycles. The van der Waals surface area contributed by atoms with E-state index in [1.54, 1.807) is 37.8 Å². The molecule has 358 valence electrons. The maximum atomic E-state index is 15.0. The summed E-state index contributed by atoms with van der Waals surface area (Å²) in [5.41, 5.74) is 13.5. The summed E-state index contributed by atoms with van der Waals surface area (Å²) < 4.78 is 1.59. The van der Waals surface area contributed by atoms with Gasteiger partial charge in [0.15, 0.2) is 0 Å². The van der Waals surface area contributed by atoms with Gasteiger partial charge in [-0.1, -0.05) is 80.9 Å². The summed E-state index contributed by atoms with van der Waals surface area (Å²) in [4.78, 5) is 114. The molecule has 0 saturated carbocycles. The number of aromatic nitrogens is 4. The number of aromatic amines is 1. The van der Waals surface area contributed by atoms with Crippen LogP contribution in [0.5, 0.6) is 0 Å². The second-order valence-corrected chi connectivity index (χ2v) is 17.4. The Balaban J connectivity index is 1.40. The Kier molecular flexibility index (Phi) is 16.1. The average molecular weight is 925 g/mol. The Morgan fingerprint density at radius 2 is 1.63 bits per heavy atom. The first-order valence-corrected chi connectivity index (χ1v) is 22.6. The number of carbonyl (C=O) groups excluding carboxylic acids is 7. The lowest BCUT2D eigenvalue weighted by atomic mass is 9.90. The van der Waals surface area contributed by atoms with Gasteiger partial charge in [-0.2, -0.15) is 0 Å². The number of benzene rings is 2. The molecule has 4 unspecified atom stereocenters. The molecule has 2 aliphatic rings. The van der Waals surface area contributed by atoms with E-state index in [2.05, 4.69) is 41.9 Å². The molecule has 2 fully saturated rings. The van der Waals surface area contributed by atoms with Gasteiger partial charge in [0, 0.05) is 49.2 Å². The molecule has 21 nitrogen and oxygen atoms in total. The van der Waals surface area contributed by atoms with Crippen molar-refractivity contribution in [1.82, 2.24) is 51.5 Å². The van der Waals surface area contributed by atoms with Gasteiger partial charge in [-0.25, -0.2) is 4.68 Å². The number of para-hydroxylation sites is 1. The second-order valence-electron chi connectivity index (χ2n) is 17.4. The van der Waals surface area contributed by atoms with Crippen LogP contribution >= 0.6 is 0 Å². The number of nitrogens with one attached hydrogen (secondary N) is 6. The van der Waals surface area contributed by atoms with E-state index in [0.29, 0.717) is 30.5 Å². The minimum atomic E-state index is -1.73. The van der Waals surface area contributed by atoms with E-state index < -0.39 is 108 Å². The van der Waals surface area contributed by atoms with Gasteiger partial charge < -0.3 is 53.0 Å². The molecule has 4 aromatic rings. The first-order valence-electron chi connectivity index (χ1n) is 22.6. The fourth-order valence-corrected chi connectivity index (χ4v) is 8.59. The fourth-order valence-electron chi connectivity index (χ4n) is 8.59. The Bertz CT molecular complexity index is 2460. The number of carbonyl (C=O) groups is 8. The number of amides is 7. The number of aryl methyl sites for hydroxylation is 2. The molecule has 7 amide bonds. The summed E-state index contributed by atoms with van der Waals surface area (Å²) >= 11 is 0. The van der Waals surface area contributed by atoms with Crippen LogP contribution in [0, 0.1) is 5.92 Å².